The Hall–Kier alpha value is -3.07. The van der Waals surface area contributed by atoms with Crippen LogP contribution in [0.1, 0.15) is 67.7 Å². The highest BCUT2D eigenvalue weighted by atomic mass is 19.3. The van der Waals surface area contributed by atoms with Gasteiger partial charge in [-0.1, -0.05) is 6.07 Å². The number of carbonyl (C=O) groups is 1. The second-order valence-electron chi connectivity index (χ2n) is 9.44. The van der Waals surface area contributed by atoms with Gasteiger partial charge in [0.25, 0.3) is 11.8 Å². The first-order valence-corrected chi connectivity index (χ1v) is 11.8. The normalized spacial score (nSPS) is 20.9. The number of carbonyl (C=O) groups excluding carboxylic acids is 1. The molecule has 2 saturated carbocycles. The highest BCUT2D eigenvalue weighted by molar-refractivity contribution is 6.05. The number of nitrogens with zero attached hydrogens (tertiary/aromatic N) is 3. The lowest BCUT2D eigenvalue weighted by Crippen LogP contribution is -2.20. The van der Waals surface area contributed by atoms with Gasteiger partial charge in [-0.05, 0) is 62.6 Å². The van der Waals surface area contributed by atoms with Crippen LogP contribution in [0.15, 0.2) is 36.5 Å². The molecule has 2 aliphatic rings. The molecule has 1 aromatic carbocycles. The topological polar surface area (TPSA) is 89.3 Å². The summed E-state index contributed by atoms with van der Waals surface area (Å²) in [5.41, 5.74) is 0.683. The van der Waals surface area contributed by atoms with E-state index in [0.29, 0.717) is 17.4 Å². The highest BCUT2D eigenvalue weighted by Gasteiger charge is 2.29. The number of pyridine rings is 1. The third kappa shape index (κ3) is 4.89. The van der Waals surface area contributed by atoms with Crippen molar-refractivity contribution in [2.75, 3.05) is 11.9 Å². The van der Waals surface area contributed by atoms with Gasteiger partial charge in [-0.3, -0.25) is 9.48 Å². The average molecular weight is 471 g/mol. The molecule has 5 rings (SSSR count). The lowest BCUT2D eigenvalue weighted by atomic mass is 9.87. The van der Waals surface area contributed by atoms with E-state index < -0.39 is 17.5 Å². The summed E-state index contributed by atoms with van der Waals surface area (Å²) in [7, 11) is 0. The number of ether oxygens (including phenoxy) is 1. The van der Waals surface area contributed by atoms with Crippen molar-refractivity contribution in [2.45, 2.75) is 63.5 Å². The molecule has 2 heterocycles. The van der Waals surface area contributed by atoms with Crippen molar-refractivity contribution in [3.8, 4) is 5.75 Å². The van der Waals surface area contributed by atoms with Crippen LogP contribution in [0, 0.1) is 5.92 Å². The first-order valence-electron chi connectivity index (χ1n) is 11.8. The predicted octanol–water partition coefficient (Wildman–Crippen LogP) is 5.06. The third-order valence-corrected chi connectivity index (χ3v) is 6.57. The Labute approximate surface area is 196 Å². The summed E-state index contributed by atoms with van der Waals surface area (Å²) in [4.78, 5) is 16.7. The van der Waals surface area contributed by atoms with E-state index in [1.807, 2.05) is 23.0 Å². The number of fused-ring (bicyclic) bond motifs is 1. The number of anilines is 1. The van der Waals surface area contributed by atoms with E-state index >= 15 is 0 Å². The summed E-state index contributed by atoms with van der Waals surface area (Å²) in [6, 6.07) is 7.91. The molecule has 0 atom stereocenters. The second kappa shape index (κ2) is 8.94. The van der Waals surface area contributed by atoms with Gasteiger partial charge >= 0.3 is 0 Å². The van der Waals surface area contributed by atoms with Crippen LogP contribution in [-0.2, 0) is 5.92 Å². The molecule has 0 saturated heterocycles. The van der Waals surface area contributed by atoms with Crippen molar-refractivity contribution in [1.29, 1.82) is 0 Å². The number of aliphatic hydroxyl groups is 1. The van der Waals surface area contributed by atoms with E-state index in [4.69, 9.17) is 9.84 Å². The molecule has 180 valence electrons. The molecule has 2 fully saturated rings. The Morgan fingerprint density at radius 2 is 1.97 bits per heavy atom. The van der Waals surface area contributed by atoms with Crippen LogP contribution in [0.3, 0.4) is 0 Å². The lowest BCUT2D eigenvalue weighted by molar-refractivity contribution is 0.0126. The molecule has 0 radical (unpaired) electrons. The Balaban J connectivity index is 1.42. The minimum absolute atomic E-state index is 0.0900. The summed E-state index contributed by atoms with van der Waals surface area (Å²) < 4.78 is 35.4. The van der Waals surface area contributed by atoms with E-state index in [1.54, 1.807) is 0 Å². The molecule has 7 nitrogen and oxygen atoms in total. The van der Waals surface area contributed by atoms with Crippen LogP contribution in [0.5, 0.6) is 5.75 Å². The van der Waals surface area contributed by atoms with Gasteiger partial charge in [-0.15, -0.1) is 0 Å². The van der Waals surface area contributed by atoms with Crippen molar-refractivity contribution in [3.63, 3.8) is 0 Å². The number of nitrogens with one attached hydrogen (secondary N) is 1. The van der Waals surface area contributed by atoms with Crippen LogP contribution in [0.2, 0.25) is 0 Å². The van der Waals surface area contributed by atoms with Crippen molar-refractivity contribution in [2.24, 2.45) is 5.92 Å². The van der Waals surface area contributed by atoms with Crippen LogP contribution < -0.4 is 10.1 Å². The van der Waals surface area contributed by atoms with Crippen LogP contribution in [0.25, 0.3) is 10.9 Å². The molecule has 2 aliphatic carbocycles. The molecule has 0 aliphatic heterocycles. The van der Waals surface area contributed by atoms with Crippen LogP contribution in [0.4, 0.5) is 14.5 Å². The number of aliphatic hydroxyl groups excluding tert-OH is 1. The first kappa shape index (κ1) is 22.7. The van der Waals surface area contributed by atoms with E-state index in [-0.39, 0.29) is 24.4 Å². The van der Waals surface area contributed by atoms with Crippen LogP contribution >= 0.6 is 0 Å². The maximum Gasteiger partial charge on any atom is 0.287 e. The summed E-state index contributed by atoms with van der Waals surface area (Å²) >= 11 is 0. The summed E-state index contributed by atoms with van der Waals surface area (Å²) in [6.45, 7) is 0.979. The number of amides is 1. The van der Waals surface area contributed by atoms with Gasteiger partial charge in [0.15, 0.2) is 0 Å². The fourth-order valence-corrected chi connectivity index (χ4v) is 4.40. The predicted molar refractivity (Wildman–Crippen MR) is 123 cm³/mol. The Kier molecular flexibility index (Phi) is 5.97. The first-order chi connectivity index (χ1) is 16.3. The van der Waals surface area contributed by atoms with Gasteiger partial charge in [-0.2, -0.15) is 13.9 Å². The quantitative estimate of drug-likeness (QED) is 0.504. The van der Waals surface area contributed by atoms with Crippen molar-refractivity contribution < 1.29 is 23.4 Å². The minimum atomic E-state index is -3.14. The Morgan fingerprint density at radius 3 is 2.65 bits per heavy atom. The van der Waals surface area contributed by atoms with E-state index in [1.165, 1.54) is 18.2 Å². The largest absolute Gasteiger partial charge is 0.488 e. The maximum absolute atomic E-state index is 13.7. The Bertz CT molecular complexity index is 1190. The third-order valence-electron chi connectivity index (χ3n) is 6.57. The molecule has 2 N–H and O–H groups in total. The van der Waals surface area contributed by atoms with Gasteiger partial charge in [0.1, 0.15) is 17.1 Å². The molecule has 34 heavy (non-hydrogen) atoms. The molecular formula is C25H28F2N4O3. The van der Waals surface area contributed by atoms with Crippen molar-refractivity contribution >= 4 is 22.5 Å². The number of hydrogen-bond donors (Lipinski definition) is 2. The van der Waals surface area contributed by atoms with Gasteiger partial charge in [0, 0.05) is 31.2 Å². The zero-order valence-corrected chi connectivity index (χ0v) is 19.0. The maximum atomic E-state index is 13.7. The zero-order chi connectivity index (χ0) is 23.9. The minimum Gasteiger partial charge on any atom is -0.488 e. The van der Waals surface area contributed by atoms with Gasteiger partial charge in [0.2, 0.25) is 0 Å². The van der Waals surface area contributed by atoms with Gasteiger partial charge in [0.05, 0.1) is 23.3 Å². The van der Waals surface area contributed by atoms with Crippen molar-refractivity contribution in [1.82, 2.24) is 14.8 Å². The average Bonchev–Trinajstić information content (AvgIpc) is 3.55. The van der Waals surface area contributed by atoms with E-state index in [0.717, 1.165) is 56.4 Å². The Morgan fingerprint density at radius 1 is 1.21 bits per heavy atom. The van der Waals surface area contributed by atoms with Crippen molar-refractivity contribution in [3.05, 3.63) is 47.9 Å². The van der Waals surface area contributed by atoms with Crippen LogP contribution in [-0.4, -0.2) is 38.5 Å². The number of rotatable bonds is 7. The molecule has 2 aromatic heterocycles. The number of aromatic nitrogens is 3. The monoisotopic (exact) mass is 470 g/mol. The lowest BCUT2D eigenvalue weighted by Gasteiger charge is -2.27. The summed E-state index contributed by atoms with van der Waals surface area (Å²) in [5.74, 6) is -2.85. The van der Waals surface area contributed by atoms with E-state index in [9.17, 15) is 18.7 Å². The molecular weight excluding hydrogens is 442 g/mol. The molecule has 3 aromatic rings. The molecule has 0 bridgehead atoms. The van der Waals surface area contributed by atoms with Gasteiger partial charge in [-0.25, -0.2) is 4.98 Å². The SMILES string of the molecule is CC(F)(F)c1cccc(C(=O)Nc2cc3cn(C4CCC(CO)CC4)nc3cc2OC2CC2)n1. The molecule has 0 spiro atoms. The number of hydrogen-bond acceptors (Lipinski definition) is 5. The van der Waals surface area contributed by atoms with Gasteiger partial charge < -0.3 is 15.2 Å². The number of benzene rings is 1. The smallest absolute Gasteiger partial charge is 0.287 e. The zero-order valence-electron chi connectivity index (χ0n) is 19.0. The number of alkyl halides is 2. The molecule has 0 unspecified atom stereocenters. The standard InChI is InChI=1S/C25H28F2N4O3/c1-25(26,27)23-4-2-3-19(28-23)24(33)29-21-11-16-13-31(17-7-5-15(14-32)6-8-17)30-20(16)12-22(21)34-18-9-10-18/h2-4,11-13,15,17-18,32H,5-10,14H2,1H3,(H,29,33). The molecule has 1 amide bonds. The highest BCUT2D eigenvalue weighted by Crippen LogP contribution is 2.37. The molecule has 9 heteroatoms. The summed E-state index contributed by atoms with van der Waals surface area (Å²) in [5, 5.41) is 17.8. The fourth-order valence-electron chi connectivity index (χ4n) is 4.40. The second-order valence-corrected chi connectivity index (χ2v) is 9.44. The number of halogens is 2. The summed E-state index contributed by atoms with van der Waals surface area (Å²) in [6.07, 6.45) is 7.81. The fraction of sp³-hybridized carbons (Fsp3) is 0.480. The van der Waals surface area contributed by atoms with E-state index in [2.05, 4.69) is 10.3 Å².